The lowest BCUT2D eigenvalue weighted by Crippen LogP contribution is -2.42. The summed E-state index contributed by atoms with van der Waals surface area (Å²) in [6.45, 7) is 2.11. The Morgan fingerprint density at radius 1 is 1.12 bits per heavy atom. The molecule has 3 rings (SSSR count). The van der Waals surface area contributed by atoms with E-state index in [0.717, 1.165) is 22.3 Å². The summed E-state index contributed by atoms with van der Waals surface area (Å²) in [6, 6.07) is 3.87. The van der Waals surface area contributed by atoms with Gasteiger partial charge in [0.25, 0.3) is 0 Å². The molecule has 0 bridgehead atoms. The van der Waals surface area contributed by atoms with Crippen LogP contribution in [0, 0.1) is 37.0 Å². The lowest BCUT2D eigenvalue weighted by Gasteiger charge is -2.43. The first-order valence-corrected chi connectivity index (χ1v) is 11.1. The molecule has 0 saturated heterocycles. The molecule has 0 amide bonds. The Bertz CT molecular complexity index is 919. The van der Waals surface area contributed by atoms with Gasteiger partial charge in [0.1, 0.15) is 24.1 Å². The first-order chi connectivity index (χ1) is 15.1. The van der Waals surface area contributed by atoms with Crippen molar-refractivity contribution in [2.75, 3.05) is 6.61 Å². The minimum atomic E-state index is -2.94. The van der Waals surface area contributed by atoms with Crippen LogP contribution in [0.25, 0.3) is 0 Å². The molecule has 172 valence electrons. The topological polar surface area (TPSA) is 60.4 Å². The Kier molecular flexibility index (Phi) is 7.61. The van der Waals surface area contributed by atoms with Gasteiger partial charge in [-0.1, -0.05) is 5.92 Å². The number of ether oxygens (including phenoxy) is 1. The molecular formula is C26H30F2O4. The molecule has 1 aromatic carbocycles. The number of carbonyl (C=O) groups is 3. The van der Waals surface area contributed by atoms with Gasteiger partial charge in [0.15, 0.2) is 5.78 Å². The molecular weight excluding hydrogens is 414 g/mol. The van der Waals surface area contributed by atoms with Crippen LogP contribution in [0.3, 0.4) is 0 Å². The average Bonchev–Trinajstić information content (AvgIpc) is 2.70. The van der Waals surface area contributed by atoms with E-state index in [2.05, 4.69) is 16.6 Å². The third kappa shape index (κ3) is 5.50. The maximum atomic E-state index is 13.2. The zero-order valence-electron chi connectivity index (χ0n) is 18.9. The van der Waals surface area contributed by atoms with Crippen LogP contribution in [0.1, 0.15) is 80.0 Å². The summed E-state index contributed by atoms with van der Waals surface area (Å²) in [7, 11) is 0. The Hall–Kier alpha value is -2.39. The van der Waals surface area contributed by atoms with Gasteiger partial charge in [0, 0.05) is 24.8 Å². The second-order valence-electron chi connectivity index (χ2n) is 9.38. The molecule has 2 aliphatic carbocycles. The smallest absolute Gasteiger partial charge is 0.315 e. The molecule has 4 nitrogen and oxygen atoms in total. The highest BCUT2D eigenvalue weighted by Crippen LogP contribution is 2.50. The fourth-order valence-corrected chi connectivity index (χ4v) is 5.54. The number of benzene rings is 1. The van der Waals surface area contributed by atoms with Crippen LogP contribution in [0.4, 0.5) is 8.78 Å². The number of rotatable bonds is 6. The summed E-state index contributed by atoms with van der Waals surface area (Å²) in [4.78, 5) is 38.3. The van der Waals surface area contributed by atoms with E-state index in [9.17, 15) is 23.2 Å². The maximum absolute atomic E-state index is 13.2. The molecule has 0 N–H and O–H groups in total. The third-order valence-electron chi connectivity index (χ3n) is 6.95. The van der Waals surface area contributed by atoms with Crippen molar-refractivity contribution in [2.24, 2.45) is 11.3 Å². The van der Waals surface area contributed by atoms with Crippen molar-refractivity contribution in [3.05, 3.63) is 34.4 Å². The van der Waals surface area contributed by atoms with Crippen LogP contribution in [-0.4, -0.2) is 30.6 Å². The highest BCUT2D eigenvalue weighted by molar-refractivity contribution is 6.10. The Labute approximate surface area is 188 Å². The molecule has 0 aliphatic heterocycles. The quantitative estimate of drug-likeness (QED) is 0.454. The van der Waals surface area contributed by atoms with Crippen molar-refractivity contribution in [3.8, 4) is 11.8 Å². The average molecular weight is 445 g/mol. The summed E-state index contributed by atoms with van der Waals surface area (Å²) in [6.07, 6.45) is 3.78. The summed E-state index contributed by atoms with van der Waals surface area (Å²) in [5.74, 6) is 4.90. The van der Waals surface area contributed by atoms with E-state index in [1.807, 2.05) is 26.0 Å². The van der Waals surface area contributed by atoms with Crippen molar-refractivity contribution >= 4 is 17.3 Å². The first-order valence-electron chi connectivity index (χ1n) is 11.1. The fourth-order valence-electron chi connectivity index (χ4n) is 5.54. The van der Waals surface area contributed by atoms with Crippen LogP contribution in [0.15, 0.2) is 12.1 Å². The van der Waals surface area contributed by atoms with E-state index < -0.39 is 19.1 Å². The van der Waals surface area contributed by atoms with Gasteiger partial charge < -0.3 is 4.74 Å². The number of hydrogen-bond donors (Lipinski definition) is 0. The lowest BCUT2D eigenvalue weighted by molar-refractivity contribution is -0.151. The highest BCUT2D eigenvalue weighted by Gasteiger charge is 2.47. The van der Waals surface area contributed by atoms with Gasteiger partial charge in [0.2, 0.25) is 0 Å². The SMILES string of the molecule is CC#Cc1cc(C)c(C2C(=O)CC3(CCC(CC(=O)COC(F)F)CC3)CC2=O)c(C)c1. The predicted octanol–water partition coefficient (Wildman–Crippen LogP) is 5.07. The molecule has 2 aliphatic rings. The van der Waals surface area contributed by atoms with E-state index in [1.54, 1.807) is 6.92 Å². The van der Waals surface area contributed by atoms with Gasteiger partial charge in [0.05, 0.1) is 0 Å². The van der Waals surface area contributed by atoms with Crippen LogP contribution < -0.4 is 0 Å². The number of alkyl halides is 2. The van der Waals surface area contributed by atoms with Crippen molar-refractivity contribution < 1.29 is 27.9 Å². The second kappa shape index (κ2) is 10.0. The molecule has 2 fully saturated rings. The summed E-state index contributed by atoms with van der Waals surface area (Å²) in [5, 5.41) is 0. The van der Waals surface area contributed by atoms with E-state index in [4.69, 9.17) is 0 Å². The number of aryl methyl sites for hydroxylation is 2. The predicted molar refractivity (Wildman–Crippen MR) is 116 cm³/mol. The number of halogens is 2. The Morgan fingerprint density at radius 3 is 2.19 bits per heavy atom. The summed E-state index contributed by atoms with van der Waals surface area (Å²) in [5.41, 5.74) is 3.19. The lowest BCUT2D eigenvalue weighted by atomic mass is 9.59. The highest BCUT2D eigenvalue weighted by atomic mass is 19.3. The molecule has 0 atom stereocenters. The van der Waals surface area contributed by atoms with E-state index in [1.165, 1.54) is 0 Å². The number of Topliss-reactive ketones (excluding diaryl/α,β-unsaturated/α-hetero) is 3. The zero-order chi connectivity index (χ0) is 23.5. The van der Waals surface area contributed by atoms with E-state index in [0.29, 0.717) is 38.5 Å². The van der Waals surface area contributed by atoms with E-state index >= 15 is 0 Å². The van der Waals surface area contributed by atoms with Crippen LogP contribution in [-0.2, 0) is 19.1 Å². The van der Waals surface area contributed by atoms with Crippen molar-refractivity contribution in [1.29, 1.82) is 0 Å². The normalized spacial score (nSPS) is 25.7. The van der Waals surface area contributed by atoms with Gasteiger partial charge in [-0.25, -0.2) is 0 Å². The molecule has 1 aromatic rings. The van der Waals surface area contributed by atoms with Gasteiger partial charge in [-0.3, -0.25) is 14.4 Å². The summed E-state index contributed by atoms with van der Waals surface area (Å²) >= 11 is 0. The van der Waals surface area contributed by atoms with Crippen LogP contribution in [0.5, 0.6) is 0 Å². The number of ketones is 3. The van der Waals surface area contributed by atoms with Crippen molar-refractivity contribution in [3.63, 3.8) is 0 Å². The van der Waals surface area contributed by atoms with Gasteiger partial charge in [-0.15, -0.1) is 5.92 Å². The largest absolute Gasteiger partial charge is 0.345 e. The first kappa shape index (κ1) is 24.3. The maximum Gasteiger partial charge on any atom is 0.345 e. The molecule has 0 aromatic heterocycles. The minimum absolute atomic E-state index is 0.0263. The molecule has 2 saturated carbocycles. The number of hydrogen-bond acceptors (Lipinski definition) is 4. The zero-order valence-corrected chi connectivity index (χ0v) is 18.9. The summed E-state index contributed by atoms with van der Waals surface area (Å²) < 4.78 is 28.3. The molecule has 0 unspecified atom stereocenters. The van der Waals surface area contributed by atoms with Gasteiger partial charge >= 0.3 is 6.61 Å². The van der Waals surface area contributed by atoms with Crippen molar-refractivity contribution in [2.45, 2.75) is 78.2 Å². The molecule has 32 heavy (non-hydrogen) atoms. The third-order valence-corrected chi connectivity index (χ3v) is 6.95. The molecule has 6 heteroatoms. The molecule has 0 heterocycles. The Balaban J connectivity index is 1.66. The molecule has 0 radical (unpaired) electrons. The van der Waals surface area contributed by atoms with Crippen molar-refractivity contribution in [1.82, 2.24) is 0 Å². The monoisotopic (exact) mass is 444 g/mol. The Morgan fingerprint density at radius 2 is 1.69 bits per heavy atom. The van der Waals surface area contributed by atoms with Gasteiger partial charge in [-0.2, -0.15) is 8.78 Å². The van der Waals surface area contributed by atoms with Crippen LogP contribution in [0.2, 0.25) is 0 Å². The van der Waals surface area contributed by atoms with Gasteiger partial charge in [-0.05, 0) is 86.6 Å². The van der Waals surface area contributed by atoms with E-state index in [-0.39, 0.29) is 35.1 Å². The van der Waals surface area contributed by atoms with Crippen LogP contribution >= 0.6 is 0 Å². The standard InChI is InChI=1S/C26H30F2O4/c1-4-5-19-10-16(2)23(17(3)11-19)24-21(30)13-26(14-22(24)31)8-6-18(7-9-26)12-20(29)15-32-25(27)28/h10-11,18,24-25H,6-9,12-15H2,1-3H3. The number of carbonyl (C=O) groups excluding carboxylic acids is 3. The minimum Gasteiger partial charge on any atom is -0.315 e. The molecule has 1 spiro atoms. The second-order valence-corrected chi connectivity index (χ2v) is 9.38. The fraction of sp³-hybridized carbons (Fsp3) is 0.577.